The summed E-state index contributed by atoms with van der Waals surface area (Å²) in [5.41, 5.74) is 1.19. The van der Waals surface area contributed by atoms with Crippen LogP contribution in [-0.4, -0.2) is 17.1 Å². The molecule has 1 saturated heterocycles. The summed E-state index contributed by atoms with van der Waals surface area (Å²) in [7, 11) is 0. The number of hydrogen-bond donors (Lipinski definition) is 0. The van der Waals surface area contributed by atoms with Crippen molar-refractivity contribution in [3.05, 3.63) is 35.6 Å². The lowest BCUT2D eigenvalue weighted by molar-refractivity contribution is 0.129. The molecule has 2 unspecified atom stereocenters. The van der Waals surface area contributed by atoms with Crippen LogP contribution in [0.15, 0.2) is 24.3 Å². The normalized spacial score (nSPS) is 26.7. The summed E-state index contributed by atoms with van der Waals surface area (Å²) in [6.45, 7) is 0.777. The van der Waals surface area contributed by atoms with Gasteiger partial charge in [0, 0.05) is 10.3 Å². The molecular formula is C11H12FIO. The monoisotopic (exact) mass is 306 g/mol. The van der Waals surface area contributed by atoms with E-state index in [9.17, 15) is 4.39 Å². The van der Waals surface area contributed by atoms with Crippen LogP contribution in [0, 0.1) is 5.82 Å². The van der Waals surface area contributed by atoms with Gasteiger partial charge < -0.3 is 4.74 Å². The number of alkyl halides is 1. The molecule has 0 radical (unpaired) electrons. The van der Waals surface area contributed by atoms with E-state index in [0.29, 0.717) is 12.0 Å². The molecule has 1 aliphatic heterocycles. The highest BCUT2D eigenvalue weighted by Crippen LogP contribution is 2.30. The van der Waals surface area contributed by atoms with Crippen molar-refractivity contribution in [3.8, 4) is 0 Å². The third-order valence-corrected chi connectivity index (χ3v) is 3.58. The highest BCUT2D eigenvalue weighted by atomic mass is 127. The molecule has 0 saturated carbocycles. The zero-order valence-corrected chi connectivity index (χ0v) is 9.91. The topological polar surface area (TPSA) is 9.23 Å². The van der Waals surface area contributed by atoms with E-state index < -0.39 is 0 Å². The molecule has 14 heavy (non-hydrogen) atoms. The van der Waals surface area contributed by atoms with Gasteiger partial charge in [0.15, 0.2) is 0 Å². The van der Waals surface area contributed by atoms with Crippen molar-refractivity contribution in [3.63, 3.8) is 0 Å². The van der Waals surface area contributed by atoms with Crippen molar-refractivity contribution in [1.82, 2.24) is 0 Å². The van der Waals surface area contributed by atoms with Gasteiger partial charge in [-0.1, -0.05) is 34.7 Å². The molecule has 1 fully saturated rings. The van der Waals surface area contributed by atoms with Crippen molar-refractivity contribution in [2.24, 2.45) is 0 Å². The van der Waals surface area contributed by atoms with Crippen LogP contribution < -0.4 is 0 Å². The first-order chi connectivity index (χ1) is 6.79. The molecule has 1 aliphatic rings. The Morgan fingerprint density at radius 3 is 2.64 bits per heavy atom. The molecule has 0 spiro atoms. The quantitative estimate of drug-likeness (QED) is 0.602. The molecule has 1 heterocycles. The van der Waals surface area contributed by atoms with Gasteiger partial charge in [-0.15, -0.1) is 0 Å². The Balaban J connectivity index is 2.06. The molecule has 1 aromatic rings. The van der Waals surface area contributed by atoms with Gasteiger partial charge in [-0.3, -0.25) is 0 Å². The maximum Gasteiger partial charge on any atom is 0.123 e. The minimum Gasteiger partial charge on any atom is -0.377 e. The van der Waals surface area contributed by atoms with Crippen molar-refractivity contribution < 1.29 is 9.13 Å². The van der Waals surface area contributed by atoms with E-state index in [1.165, 1.54) is 17.7 Å². The maximum atomic E-state index is 12.7. The number of hydrogen-bond acceptors (Lipinski definition) is 1. The Hall–Kier alpha value is -0.160. The van der Waals surface area contributed by atoms with Crippen LogP contribution in [0.1, 0.15) is 17.9 Å². The largest absolute Gasteiger partial charge is 0.377 e. The van der Waals surface area contributed by atoms with E-state index in [2.05, 4.69) is 22.6 Å². The average Bonchev–Trinajstić information content (AvgIpc) is 2.67. The third kappa shape index (κ3) is 2.25. The second-order valence-corrected chi connectivity index (χ2v) is 4.47. The second kappa shape index (κ2) is 4.57. The second-order valence-electron chi connectivity index (χ2n) is 3.59. The number of ether oxygens (including phenoxy) is 1. The van der Waals surface area contributed by atoms with Gasteiger partial charge in [-0.05, 0) is 24.1 Å². The van der Waals surface area contributed by atoms with Crippen LogP contribution in [0.5, 0.6) is 0 Å². The van der Waals surface area contributed by atoms with Gasteiger partial charge in [-0.2, -0.15) is 0 Å². The van der Waals surface area contributed by atoms with Gasteiger partial charge in [0.25, 0.3) is 0 Å². The number of benzene rings is 1. The summed E-state index contributed by atoms with van der Waals surface area (Å²) in [4.78, 5) is 0. The van der Waals surface area contributed by atoms with Crippen molar-refractivity contribution in [1.29, 1.82) is 0 Å². The first-order valence-electron chi connectivity index (χ1n) is 4.72. The maximum absolute atomic E-state index is 12.7. The predicted molar refractivity (Wildman–Crippen MR) is 62.4 cm³/mol. The lowest BCUT2D eigenvalue weighted by Gasteiger charge is -2.07. The zero-order valence-electron chi connectivity index (χ0n) is 7.75. The first-order valence-corrected chi connectivity index (χ1v) is 6.25. The van der Waals surface area contributed by atoms with Gasteiger partial charge >= 0.3 is 0 Å². The van der Waals surface area contributed by atoms with Gasteiger partial charge in [0.2, 0.25) is 0 Å². The first kappa shape index (κ1) is 10.4. The lowest BCUT2D eigenvalue weighted by atomic mass is 9.97. The SMILES string of the molecule is Fc1ccc(C2COC(CI)C2)cc1. The van der Waals surface area contributed by atoms with Crippen LogP contribution >= 0.6 is 22.6 Å². The van der Waals surface area contributed by atoms with Crippen LogP contribution in [-0.2, 0) is 4.74 Å². The molecule has 1 nitrogen and oxygen atoms in total. The van der Waals surface area contributed by atoms with Crippen LogP contribution in [0.4, 0.5) is 4.39 Å². The standard InChI is InChI=1S/C11H12FIO/c12-10-3-1-8(2-4-10)9-5-11(6-13)14-7-9/h1-4,9,11H,5-7H2. The Bertz CT molecular complexity index is 299. The molecule has 76 valence electrons. The van der Waals surface area contributed by atoms with Crippen LogP contribution in [0.25, 0.3) is 0 Å². The summed E-state index contributed by atoms with van der Waals surface area (Å²) in [5, 5.41) is 0. The minimum absolute atomic E-state index is 0.168. The van der Waals surface area contributed by atoms with Crippen molar-refractivity contribution >= 4 is 22.6 Å². The highest BCUT2D eigenvalue weighted by Gasteiger charge is 2.25. The van der Waals surface area contributed by atoms with E-state index in [4.69, 9.17) is 4.74 Å². The third-order valence-electron chi connectivity index (χ3n) is 2.59. The van der Waals surface area contributed by atoms with E-state index in [1.807, 2.05) is 12.1 Å². The Morgan fingerprint density at radius 1 is 1.36 bits per heavy atom. The number of halogens is 2. The van der Waals surface area contributed by atoms with E-state index >= 15 is 0 Å². The van der Waals surface area contributed by atoms with Gasteiger partial charge in [-0.25, -0.2) is 4.39 Å². The van der Waals surface area contributed by atoms with Crippen LogP contribution in [0.2, 0.25) is 0 Å². The molecule has 0 amide bonds. The molecule has 1 aromatic carbocycles. The van der Waals surface area contributed by atoms with Crippen molar-refractivity contribution in [2.45, 2.75) is 18.4 Å². The van der Waals surface area contributed by atoms with E-state index in [-0.39, 0.29) is 5.82 Å². The van der Waals surface area contributed by atoms with Gasteiger partial charge in [0.05, 0.1) is 12.7 Å². The van der Waals surface area contributed by atoms with Gasteiger partial charge in [0.1, 0.15) is 5.82 Å². The highest BCUT2D eigenvalue weighted by molar-refractivity contribution is 14.1. The minimum atomic E-state index is -0.168. The summed E-state index contributed by atoms with van der Waals surface area (Å²) in [6, 6.07) is 6.76. The Labute approximate surface area is 96.8 Å². The lowest BCUT2D eigenvalue weighted by Crippen LogP contribution is -2.05. The average molecular weight is 306 g/mol. The molecular weight excluding hydrogens is 294 g/mol. The molecule has 0 aliphatic carbocycles. The number of rotatable bonds is 2. The summed E-state index contributed by atoms with van der Waals surface area (Å²) in [5.74, 6) is 0.286. The predicted octanol–water partition coefficient (Wildman–Crippen LogP) is 3.13. The van der Waals surface area contributed by atoms with E-state index in [0.717, 1.165) is 17.5 Å². The van der Waals surface area contributed by atoms with Crippen molar-refractivity contribution in [2.75, 3.05) is 11.0 Å². The molecule has 3 heteroatoms. The Kier molecular flexibility index (Phi) is 3.38. The fourth-order valence-corrected chi connectivity index (χ4v) is 2.39. The fourth-order valence-electron chi connectivity index (χ4n) is 1.78. The smallest absolute Gasteiger partial charge is 0.123 e. The summed E-state index contributed by atoms with van der Waals surface area (Å²) < 4.78 is 19.3. The summed E-state index contributed by atoms with van der Waals surface area (Å²) >= 11 is 2.34. The molecule has 0 N–H and O–H groups in total. The van der Waals surface area contributed by atoms with E-state index in [1.54, 1.807) is 0 Å². The van der Waals surface area contributed by atoms with Crippen LogP contribution in [0.3, 0.4) is 0 Å². The Morgan fingerprint density at radius 2 is 2.07 bits per heavy atom. The zero-order chi connectivity index (χ0) is 9.97. The molecule has 2 atom stereocenters. The molecule has 0 bridgehead atoms. The fraction of sp³-hybridized carbons (Fsp3) is 0.455. The molecule has 2 rings (SSSR count). The molecule has 0 aromatic heterocycles. The summed E-state index contributed by atoms with van der Waals surface area (Å²) in [6.07, 6.45) is 1.44.